The number of benzene rings is 2. The van der Waals surface area contributed by atoms with Crippen molar-refractivity contribution in [2.24, 2.45) is 0 Å². The summed E-state index contributed by atoms with van der Waals surface area (Å²) in [4.78, 5) is 28.0. The molecule has 2 amide bonds. The van der Waals surface area contributed by atoms with Gasteiger partial charge in [0, 0.05) is 42.8 Å². The molecule has 2 aromatic carbocycles. The highest BCUT2D eigenvalue weighted by molar-refractivity contribution is 5.99. The van der Waals surface area contributed by atoms with E-state index in [-0.39, 0.29) is 11.8 Å². The monoisotopic (exact) mass is 390 g/mol. The van der Waals surface area contributed by atoms with Crippen molar-refractivity contribution in [1.82, 2.24) is 4.98 Å². The first-order valence-corrected chi connectivity index (χ1v) is 9.20. The number of hydrogen-bond acceptors (Lipinski definition) is 5. The van der Waals surface area contributed by atoms with Gasteiger partial charge in [0.25, 0.3) is 0 Å². The molecule has 3 rings (SSSR count). The topological polar surface area (TPSA) is 92.3 Å². The Bertz CT molecular complexity index is 986. The zero-order valence-corrected chi connectivity index (χ0v) is 16.2. The van der Waals surface area contributed by atoms with Crippen LogP contribution in [0, 0.1) is 0 Å². The van der Waals surface area contributed by atoms with E-state index in [4.69, 9.17) is 4.74 Å². The standard InChI is InChI=1S/C22H22N4O3/c1-3-21(27)20-14-19(12-13-24-20)29-18-10-8-17(9-11-18)26-22(28)25-16-6-4-15(23-2)5-7-16/h4-14,23H,3H2,1-2H3,(H2,25,26,28). The summed E-state index contributed by atoms with van der Waals surface area (Å²) in [5, 5.41) is 8.56. The van der Waals surface area contributed by atoms with Gasteiger partial charge in [-0.05, 0) is 54.6 Å². The molecule has 1 aromatic heterocycles. The van der Waals surface area contributed by atoms with Gasteiger partial charge in [-0.1, -0.05) is 6.92 Å². The van der Waals surface area contributed by atoms with Crippen LogP contribution in [0.15, 0.2) is 66.9 Å². The second-order valence-corrected chi connectivity index (χ2v) is 6.19. The van der Waals surface area contributed by atoms with Crippen molar-refractivity contribution >= 4 is 28.9 Å². The molecule has 3 aromatic rings. The van der Waals surface area contributed by atoms with Crippen molar-refractivity contribution in [2.45, 2.75) is 13.3 Å². The van der Waals surface area contributed by atoms with Crippen LogP contribution < -0.4 is 20.7 Å². The molecule has 0 saturated carbocycles. The Morgan fingerprint density at radius 3 is 2.03 bits per heavy atom. The molecule has 1 heterocycles. The van der Waals surface area contributed by atoms with Crippen LogP contribution in [-0.4, -0.2) is 23.8 Å². The van der Waals surface area contributed by atoms with Gasteiger partial charge < -0.3 is 20.7 Å². The molecule has 0 aliphatic heterocycles. The van der Waals surface area contributed by atoms with Crippen LogP contribution in [0.3, 0.4) is 0 Å². The van der Waals surface area contributed by atoms with Crippen molar-refractivity contribution in [3.63, 3.8) is 0 Å². The highest BCUT2D eigenvalue weighted by Gasteiger charge is 2.07. The third-order valence-corrected chi connectivity index (χ3v) is 4.12. The summed E-state index contributed by atoms with van der Waals surface area (Å²) in [5.41, 5.74) is 2.66. The molecular weight excluding hydrogens is 368 g/mol. The minimum Gasteiger partial charge on any atom is -0.457 e. The Kier molecular flexibility index (Phi) is 6.42. The quantitative estimate of drug-likeness (QED) is 0.485. The van der Waals surface area contributed by atoms with Crippen LogP contribution in [0.1, 0.15) is 23.8 Å². The predicted octanol–water partition coefficient (Wildman–Crippen LogP) is 5.15. The largest absolute Gasteiger partial charge is 0.457 e. The fourth-order valence-corrected chi connectivity index (χ4v) is 2.56. The minimum atomic E-state index is -0.340. The fraction of sp³-hybridized carbons (Fsp3) is 0.136. The van der Waals surface area contributed by atoms with Crippen molar-refractivity contribution in [2.75, 3.05) is 23.0 Å². The molecule has 0 unspecified atom stereocenters. The van der Waals surface area contributed by atoms with E-state index in [0.717, 1.165) is 5.69 Å². The highest BCUT2D eigenvalue weighted by Crippen LogP contribution is 2.23. The minimum absolute atomic E-state index is 0.0402. The van der Waals surface area contributed by atoms with Crippen molar-refractivity contribution in [3.05, 3.63) is 72.6 Å². The zero-order valence-electron chi connectivity index (χ0n) is 16.2. The van der Waals surface area contributed by atoms with Gasteiger partial charge in [0.1, 0.15) is 17.2 Å². The number of nitrogens with one attached hydrogen (secondary N) is 3. The second kappa shape index (κ2) is 9.36. The van der Waals surface area contributed by atoms with E-state index in [1.807, 2.05) is 31.3 Å². The van der Waals surface area contributed by atoms with Crippen LogP contribution >= 0.6 is 0 Å². The Labute approximate surface area is 169 Å². The van der Waals surface area contributed by atoms with Crippen molar-refractivity contribution < 1.29 is 14.3 Å². The normalized spacial score (nSPS) is 10.1. The maximum atomic E-state index is 12.1. The first-order chi connectivity index (χ1) is 14.1. The average molecular weight is 390 g/mol. The summed E-state index contributed by atoms with van der Waals surface area (Å²) < 4.78 is 5.76. The van der Waals surface area contributed by atoms with Crippen LogP contribution in [-0.2, 0) is 0 Å². The number of Topliss-reactive ketones (excluding diaryl/α,β-unsaturated/α-hetero) is 1. The third kappa shape index (κ3) is 5.55. The number of aromatic nitrogens is 1. The number of carbonyl (C=O) groups is 2. The van der Waals surface area contributed by atoms with E-state index in [9.17, 15) is 9.59 Å². The van der Waals surface area contributed by atoms with E-state index < -0.39 is 0 Å². The summed E-state index contributed by atoms with van der Waals surface area (Å²) >= 11 is 0. The lowest BCUT2D eigenvalue weighted by molar-refractivity contribution is 0.0983. The SMILES string of the molecule is CCC(=O)c1cc(Oc2ccc(NC(=O)Nc3ccc(NC)cc3)cc2)ccn1. The van der Waals surface area contributed by atoms with E-state index in [2.05, 4.69) is 20.9 Å². The molecule has 0 spiro atoms. The molecule has 0 aliphatic carbocycles. The molecule has 7 heteroatoms. The van der Waals surface area contributed by atoms with Gasteiger partial charge in [-0.15, -0.1) is 0 Å². The molecular formula is C22H22N4O3. The van der Waals surface area contributed by atoms with Gasteiger partial charge in [-0.25, -0.2) is 4.79 Å². The highest BCUT2D eigenvalue weighted by atomic mass is 16.5. The van der Waals surface area contributed by atoms with Gasteiger partial charge in [0.2, 0.25) is 0 Å². The lowest BCUT2D eigenvalue weighted by Crippen LogP contribution is -2.19. The molecule has 148 valence electrons. The number of rotatable bonds is 7. The van der Waals surface area contributed by atoms with Gasteiger partial charge in [-0.3, -0.25) is 9.78 Å². The number of pyridine rings is 1. The summed E-state index contributed by atoms with van der Waals surface area (Å²) in [6.07, 6.45) is 1.93. The third-order valence-electron chi connectivity index (χ3n) is 4.12. The Morgan fingerprint density at radius 2 is 1.45 bits per heavy atom. The first kappa shape index (κ1) is 19.9. The van der Waals surface area contributed by atoms with Crippen LogP contribution in [0.4, 0.5) is 21.9 Å². The Morgan fingerprint density at radius 1 is 0.862 bits per heavy atom. The molecule has 0 radical (unpaired) electrons. The van der Waals surface area contributed by atoms with Gasteiger partial charge in [0.05, 0.1) is 0 Å². The number of nitrogens with zero attached hydrogens (tertiary/aromatic N) is 1. The fourth-order valence-electron chi connectivity index (χ4n) is 2.56. The van der Waals surface area contributed by atoms with Crippen molar-refractivity contribution in [3.8, 4) is 11.5 Å². The number of carbonyl (C=O) groups excluding carboxylic acids is 2. The summed E-state index contributed by atoms with van der Waals surface area (Å²) in [6, 6.07) is 17.3. The lowest BCUT2D eigenvalue weighted by atomic mass is 10.2. The second-order valence-electron chi connectivity index (χ2n) is 6.19. The molecule has 3 N–H and O–H groups in total. The van der Waals surface area contributed by atoms with Crippen LogP contribution in [0.2, 0.25) is 0 Å². The smallest absolute Gasteiger partial charge is 0.323 e. The molecule has 0 saturated heterocycles. The molecule has 29 heavy (non-hydrogen) atoms. The molecule has 0 fully saturated rings. The number of urea groups is 1. The Hall–Kier alpha value is -3.87. The van der Waals surface area contributed by atoms with E-state index in [1.165, 1.54) is 0 Å². The lowest BCUT2D eigenvalue weighted by Gasteiger charge is -2.10. The number of ketones is 1. The van der Waals surface area contributed by atoms with E-state index in [0.29, 0.717) is 35.0 Å². The molecule has 0 bridgehead atoms. The predicted molar refractivity (Wildman–Crippen MR) is 114 cm³/mol. The van der Waals surface area contributed by atoms with Gasteiger partial charge >= 0.3 is 6.03 Å². The average Bonchev–Trinajstić information content (AvgIpc) is 2.75. The number of anilines is 3. The summed E-state index contributed by atoms with van der Waals surface area (Å²) in [6.45, 7) is 1.79. The summed E-state index contributed by atoms with van der Waals surface area (Å²) in [5.74, 6) is 1.07. The number of hydrogen-bond donors (Lipinski definition) is 3. The maximum absolute atomic E-state index is 12.1. The van der Waals surface area contributed by atoms with Gasteiger partial charge in [-0.2, -0.15) is 0 Å². The molecule has 7 nitrogen and oxygen atoms in total. The molecule has 0 aliphatic rings. The van der Waals surface area contributed by atoms with E-state index in [1.54, 1.807) is 49.5 Å². The van der Waals surface area contributed by atoms with Crippen LogP contribution in [0.25, 0.3) is 0 Å². The first-order valence-electron chi connectivity index (χ1n) is 9.20. The van der Waals surface area contributed by atoms with E-state index >= 15 is 0 Å². The molecule has 0 atom stereocenters. The Balaban J connectivity index is 1.58. The number of amides is 2. The van der Waals surface area contributed by atoms with Crippen molar-refractivity contribution in [1.29, 1.82) is 0 Å². The van der Waals surface area contributed by atoms with Crippen LogP contribution in [0.5, 0.6) is 11.5 Å². The van der Waals surface area contributed by atoms with Gasteiger partial charge in [0.15, 0.2) is 5.78 Å². The zero-order chi connectivity index (χ0) is 20.6. The number of ether oxygens (including phenoxy) is 1. The summed E-state index contributed by atoms with van der Waals surface area (Å²) in [7, 11) is 1.83. The maximum Gasteiger partial charge on any atom is 0.323 e.